The number of benzene rings is 1. The maximum absolute atomic E-state index is 12.9. The van der Waals surface area contributed by atoms with E-state index in [9.17, 15) is 17.6 Å². The summed E-state index contributed by atoms with van der Waals surface area (Å²) in [4.78, 5) is 14.4. The van der Waals surface area contributed by atoms with Gasteiger partial charge in [-0.05, 0) is 69.6 Å². The SMILES string of the molecule is CN(CCCC(=O)NCCCN1CCCCC1)S(=O)(=O)c1ccc(F)cc1. The number of halogens is 1. The zero-order chi connectivity index (χ0) is 19.7. The van der Waals surface area contributed by atoms with Gasteiger partial charge in [-0.15, -0.1) is 0 Å². The van der Waals surface area contributed by atoms with Gasteiger partial charge in [-0.3, -0.25) is 4.79 Å². The van der Waals surface area contributed by atoms with Crippen molar-refractivity contribution in [1.29, 1.82) is 0 Å². The molecule has 0 aliphatic carbocycles. The van der Waals surface area contributed by atoms with Gasteiger partial charge in [-0.25, -0.2) is 17.1 Å². The third-order valence-electron chi connectivity index (χ3n) is 4.82. The highest BCUT2D eigenvalue weighted by Gasteiger charge is 2.20. The number of rotatable bonds is 10. The molecule has 27 heavy (non-hydrogen) atoms. The maximum atomic E-state index is 12.9. The van der Waals surface area contributed by atoms with Crippen LogP contribution in [0.2, 0.25) is 0 Å². The van der Waals surface area contributed by atoms with Crippen molar-refractivity contribution >= 4 is 15.9 Å². The van der Waals surface area contributed by atoms with Crippen LogP contribution in [0.4, 0.5) is 4.39 Å². The predicted octanol–water partition coefficient (Wildman–Crippen LogP) is 2.22. The Morgan fingerprint density at radius 1 is 1.15 bits per heavy atom. The van der Waals surface area contributed by atoms with Gasteiger partial charge in [0.1, 0.15) is 5.82 Å². The van der Waals surface area contributed by atoms with Gasteiger partial charge in [0.25, 0.3) is 0 Å². The Balaban J connectivity index is 1.62. The summed E-state index contributed by atoms with van der Waals surface area (Å²) < 4.78 is 38.9. The smallest absolute Gasteiger partial charge is 0.242 e. The second kappa shape index (κ2) is 10.7. The Labute approximate surface area is 161 Å². The molecule has 0 aromatic heterocycles. The molecular formula is C19H30FN3O3S. The van der Waals surface area contributed by atoms with Crippen LogP contribution in [0, 0.1) is 5.82 Å². The van der Waals surface area contributed by atoms with E-state index in [2.05, 4.69) is 10.2 Å². The predicted molar refractivity (Wildman–Crippen MR) is 103 cm³/mol. The summed E-state index contributed by atoms with van der Waals surface area (Å²) in [7, 11) is -2.19. The molecule has 8 heteroatoms. The van der Waals surface area contributed by atoms with Crippen LogP contribution in [-0.4, -0.2) is 63.3 Å². The van der Waals surface area contributed by atoms with E-state index in [4.69, 9.17) is 0 Å². The molecule has 0 saturated carbocycles. The molecule has 1 aliphatic heterocycles. The molecule has 1 aliphatic rings. The number of piperidine rings is 1. The molecule has 0 atom stereocenters. The average Bonchev–Trinajstić information content (AvgIpc) is 2.66. The Morgan fingerprint density at radius 3 is 2.48 bits per heavy atom. The maximum Gasteiger partial charge on any atom is 0.242 e. The van der Waals surface area contributed by atoms with Crippen LogP contribution in [0.3, 0.4) is 0 Å². The van der Waals surface area contributed by atoms with E-state index in [1.165, 1.54) is 42.7 Å². The summed E-state index contributed by atoms with van der Waals surface area (Å²) in [5.41, 5.74) is 0. The minimum Gasteiger partial charge on any atom is -0.356 e. The van der Waals surface area contributed by atoms with E-state index >= 15 is 0 Å². The number of nitrogens with one attached hydrogen (secondary N) is 1. The largest absolute Gasteiger partial charge is 0.356 e. The van der Waals surface area contributed by atoms with Crippen molar-refractivity contribution in [1.82, 2.24) is 14.5 Å². The lowest BCUT2D eigenvalue weighted by atomic mass is 10.1. The van der Waals surface area contributed by atoms with E-state index in [1.807, 2.05) is 0 Å². The monoisotopic (exact) mass is 399 g/mol. The van der Waals surface area contributed by atoms with Crippen LogP contribution in [0.5, 0.6) is 0 Å². The van der Waals surface area contributed by atoms with Crippen LogP contribution in [0.1, 0.15) is 38.5 Å². The molecule has 1 aromatic carbocycles. The molecule has 6 nitrogen and oxygen atoms in total. The van der Waals surface area contributed by atoms with Crippen molar-refractivity contribution < 1.29 is 17.6 Å². The fraction of sp³-hybridized carbons (Fsp3) is 0.632. The number of carbonyl (C=O) groups is 1. The van der Waals surface area contributed by atoms with Crippen molar-refractivity contribution in [3.05, 3.63) is 30.1 Å². The molecule has 1 saturated heterocycles. The molecule has 0 unspecified atom stereocenters. The van der Waals surface area contributed by atoms with Crippen molar-refractivity contribution in [3.8, 4) is 0 Å². The van der Waals surface area contributed by atoms with Crippen molar-refractivity contribution in [3.63, 3.8) is 0 Å². The first kappa shape index (κ1) is 21.8. The fourth-order valence-corrected chi connectivity index (χ4v) is 4.38. The lowest BCUT2D eigenvalue weighted by Gasteiger charge is -2.26. The molecule has 1 heterocycles. The molecule has 0 radical (unpaired) electrons. The highest BCUT2D eigenvalue weighted by molar-refractivity contribution is 7.89. The van der Waals surface area contributed by atoms with Crippen LogP contribution in [0.25, 0.3) is 0 Å². The quantitative estimate of drug-likeness (QED) is 0.613. The van der Waals surface area contributed by atoms with Gasteiger partial charge < -0.3 is 10.2 Å². The summed E-state index contributed by atoms with van der Waals surface area (Å²) >= 11 is 0. The third-order valence-corrected chi connectivity index (χ3v) is 6.69. The lowest BCUT2D eigenvalue weighted by Crippen LogP contribution is -2.33. The number of nitrogens with zero attached hydrogens (tertiary/aromatic N) is 2. The molecule has 1 aromatic rings. The first-order chi connectivity index (χ1) is 12.9. The third kappa shape index (κ3) is 7.20. The number of amides is 1. The molecule has 1 N–H and O–H groups in total. The molecular weight excluding hydrogens is 369 g/mol. The topological polar surface area (TPSA) is 69.7 Å². The van der Waals surface area contributed by atoms with Gasteiger partial charge in [0, 0.05) is 26.6 Å². The summed E-state index contributed by atoms with van der Waals surface area (Å²) in [6.45, 7) is 4.21. The molecule has 0 bridgehead atoms. The molecule has 1 amide bonds. The van der Waals surface area contributed by atoms with E-state index in [0.29, 0.717) is 13.0 Å². The lowest BCUT2D eigenvalue weighted by molar-refractivity contribution is -0.121. The number of carbonyl (C=O) groups excluding carboxylic acids is 1. The van der Waals surface area contributed by atoms with Crippen LogP contribution in [-0.2, 0) is 14.8 Å². The Kier molecular flexibility index (Phi) is 8.66. The van der Waals surface area contributed by atoms with Crippen LogP contribution >= 0.6 is 0 Å². The van der Waals surface area contributed by atoms with Gasteiger partial charge >= 0.3 is 0 Å². The van der Waals surface area contributed by atoms with Crippen molar-refractivity contribution in [2.75, 3.05) is 39.8 Å². The molecule has 1 fully saturated rings. The number of hydrogen-bond acceptors (Lipinski definition) is 4. The molecule has 0 spiro atoms. The van der Waals surface area contributed by atoms with Crippen molar-refractivity contribution in [2.45, 2.75) is 43.4 Å². The highest BCUT2D eigenvalue weighted by atomic mass is 32.2. The summed E-state index contributed by atoms with van der Waals surface area (Å²) in [6, 6.07) is 4.74. The van der Waals surface area contributed by atoms with E-state index < -0.39 is 15.8 Å². The fourth-order valence-electron chi connectivity index (χ4n) is 3.17. The summed E-state index contributed by atoms with van der Waals surface area (Å²) in [5.74, 6) is -0.533. The molecule has 152 valence electrons. The van der Waals surface area contributed by atoms with Gasteiger partial charge in [-0.1, -0.05) is 6.42 Å². The first-order valence-corrected chi connectivity index (χ1v) is 11.0. The number of likely N-dealkylation sites (tertiary alicyclic amines) is 1. The van der Waals surface area contributed by atoms with Gasteiger partial charge in [-0.2, -0.15) is 0 Å². The minimum atomic E-state index is -3.66. The van der Waals surface area contributed by atoms with Gasteiger partial charge in [0.15, 0.2) is 0 Å². The van der Waals surface area contributed by atoms with Gasteiger partial charge in [0.05, 0.1) is 4.90 Å². The number of sulfonamides is 1. The minimum absolute atomic E-state index is 0.0496. The standard InChI is InChI=1S/C19H30FN3O3S/c1-22(27(25,26)18-10-8-17(20)9-11-18)13-5-7-19(24)21-12-6-16-23-14-3-2-4-15-23/h8-11H,2-7,12-16H2,1H3,(H,21,24). The average molecular weight is 400 g/mol. The zero-order valence-electron chi connectivity index (χ0n) is 16.0. The Bertz CT molecular complexity index is 689. The second-order valence-corrected chi connectivity index (χ2v) is 9.03. The normalized spacial score (nSPS) is 15.8. The zero-order valence-corrected chi connectivity index (χ0v) is 16.8. The Hall–Kier alpha value is -1.51. The van der Waals surface area contributed by atoms with Crippen molar-refractivity contribution in [2.24, 2.45) is 0 Å². The summed E-state index contributed by atoms with van der Waals surface area (Å²) in [6.07, 6.45) is 5.51. The van der Waals surface area contributed by atoms with E-state index in [0.717, 1.165) is 38.2 Å². The Morgan fingerprint density at radius 2 is 1.81 bits per heavy atom. The van der Waals surface area contributed by atoms with E-state index in [-0.39, 0.29) is 23.8 Å². The molecule has 2 rings (SSSR count). The van der Waals surface area contributed by atoms with Crippen LogP contribution in [0.15, 0.2) is 29.2 Å². The first-order valence-electron chi connectivity index (χ1n) is 9.60. The number of hydrogen-bond donors (Lipinski definition) is 1. The van der Waals surface area contributed by atoms with E-state index in [1.54, 1.807) is 0 Å². The van der Waals surface area contributed by atoms with Crippen LogP contribution < -0.4 is 5.32 Å². The second-order valence-electron chi connectivity index (χ2n) is 6.99. The van der Waals surface area contributed by atoms with Gasteiger partial charge in [0.2, 0.25) is 15.9 Å². The highest BCUT2D eigenvalue weighted by Crippen LogP contribution is 2.15. The summed E-state index contributed by atoms with van der Waals surface area (Å²) in [5, 5.41) is 2.90.